The predicted molar refractivity (Wildman–Crippen MR) is 112 cm³/mol. The summed E-state index contributed by atoms with van der Waals surface area (Å²) in [5.74, 6) is 1.20. The first-order valence-corrected chi connectivity index (χ1v) is 11.0. The van der Waals surface area contributed by atoms with Crippen LogP contribution in [0.15, 0.2) is 18.5 Å². The predicted octanol–water partition coefficient (Wildman–Crippen LogP) is 2.01. The van der Waals surface area contributed by atoms with E-state index >= 15 is 0 Å². The van der Waals surface area contributed by atoms with Gasteiger partial charge in [0.15, 0.2) is 0 Å². The van der Waals surface area contributed by atoms with Crippen molar-refractivity contribution < 1.29 is 14.1 Å². The van der Waals surface area contributed by atoms with E-state index in [4.69, 9.17) is 15.0 Å². The van der Waals surface area contributed by atoms with Crippen LogP contribution in [0.4, 0.5) is 0 Å². The van der Waals surface area contributed by atoms with E-state index < -0.39 is 13.2 Å². The second kappa shape index (κ2) is 7.39. The first kappa shape index (κ1) is 20.9. The first-order chi connectivity index (χ1) is 13.6. The van der Waals surface area contributed by atoms with Gasteiger partial charge in [0.2, 0.25) is 5.91 Å². The molecule has 0 spiro atoms. The lowest BCUT2D eigenvalue weighted by atomic mass is 9.43. The summed E-state index contributed by atoms with van der Waals surface area (Å²) < 4.78 is 14.7. The maximum Gasteiger partial charge on any atom is 0.481 e. The van der Waals surface area contributed by atoms with Crippen LogP contribution in [-0.2, 0) is 20.6 Å². The molecule has 2 heterocycles. The van der Waals surface area contributed by atoms with Gasteiger partial charge in [0.05, 0.1) is 24.2 Å². The van der Waals surface area contributed by atoms with E-state index in [0.717, 1.165) is 12.8 Å². The number of carbonyl (C=O) groups excluding carboxylic acids is 1. The molecule has 1 aliphatic heterocycles. The summed E-state index contributed by atoms with van der Waals surface area (Å²) in [5, 5.41) is 7.26. The van der Waals surface area contributed by atoms with Crippen LogP contribution in [0.3, 0.4) is 0 Å². The van der Waals surface area contributed by atoms with Crippen molar-refractivity contribution >= 4 is 13.0 Å². The van der Waals surface area contributed by atoms with Gasteiger partial charge in [-0.3, -0.25) is 9.48 Å². The lowest BCUT2D eigenvalue weighted by Gasteiger charge is -2.64. The standard InChI is InChI=1S/C21H35BN4O3/c1-13(2)9-18(25-19(27)15(23)12-26-8-6-7-24-26)22-28-17-11-14-10-16(20(14,3)4)21(17,5)29-22/h6-8,13-18H,9-12,23H2,1-5H3,(H,25,27)/t14-,15-,16-,17+,18-,21-/m0/s1. The summed E-state index contributed by atoms with van der Waals surface area (Å²) >= 11 is 0. The molecule has 4 aliphatic rings. The summed E-state index contributed by atoms with van der Waals surface area (Å²) in [6.45, 7) is 11.5. The lowest BCUT2D eigenvalue weighted by Crippen LogP contribution is -2.65. The van der Waals surface area contributed by atoms with Gasteiger partial charge in [-0.05, 0) is 55.4 Å². The number of rotatable bonds is 7. The van der Waals surface area contributed by atoms with Crippen LogP contribution in [0.2, 0.25) is 0 Å². The number of nitrogens with one attached hydrogen (secondary N) is 1. The Balaban J connectivity index is 1.44. The molecule has 6 atom stereocenters. The molecule has 1 saturated heterocycles. The van der Waals surface area contributed by atoms with Gasteiger partial charge in [0.25, 0.3) is 0 Å². The molecule has 1 amide bonds. The highest BCUT2D eigenvalue weighted by Gasteiger charge is 2.68. The van der Waals surface area contributed by atoms with Crippen molar-refractivity contribution in [1.29, 1.82) is 0 Å². The second-order valence-electron chi connectivity index (χ2n) is 10.4. The zero-order valence-corrected chi connectivity index (χ0v) is 18.3. The first-order valence-electron chi connectivity index (χ1n) is 11.0. The fraction of sp³-hybridized carbons (Fsp3) is 0.810. The quantitative estimate of drug-likeness (QED) is 0.681. The highest BCUT2D eigenvalue weighted by Crippen LogP contribution is 2.65. The molecule has 1 aromatic rings. The third-order valence-corrected chi connectivity index (χ3v) is 7.63. The Kier molecular flexibility index (Phi) is 5.32. The Morgan fingerprint density at radius 2 is 2.14 bits per heavy atom. The number of carbonyl (C=O) groups is 1. The minimum absolute atomic E-state index is 0.105. The molecule has 3 aliphatic carbocycles. The topological polar surface area (TPSA) is 91.4 Å². The van der Waals surface area contributed by atoms with Gasteiger partial charge in [-0.1, -0.05) is 27.7 Å². The molecule has 2 bridgehead atoms. The summed E-state index contributed by atoms with van der Waals surface area (Å²) in [6, 6.07) is 1.15. The van der Waals surface area contributed by atoms with Crippen molar-refractivity contribution in [3.63, 3.8) is 0 Å². The number of amides is 1. The molecule has 7 nitrogen and oxygen atoms in total. The highest BCUT2D eigenvalue weighted by molar-refractivity contribution is 6.47. The molecular formula is C21H35BN4O3. The van der Waals surface area contributed by atoms with Crippen LogP contribution in [0.25, 0.3) is 0 Å². The van der Waals surface area contributed by atoms with E-state index in [-0.39, 0.29) is 23.6 Å². The van der Waals surface area contributed by atoms with Crippen LogP contribution < -0.4 is 11.1 Å². The van der Waals surface area contributed by atoms with E-state index in [1.807, 2.05) is 6.07 Å². The van der Waals surface area contributed by atoms with Crippen molar-refractivity contribution in [3.05, 3.63) is 18.5 Å². The minimum Gasteiger partial charge on any atom is -0.404 e. The highest BCUT2D eigenvalue weighted by atomic mass is 16.7. The number of hydrogen-bond donors (Lipinski definition) is 2. The van der Waals surface area contributed by atoms with Crippen molar-refractivity contribution in [2.24, 2.45) is 28.9 Å². The second-order valence-corrected chi connectivity index (χ2v) is 10.4. The van der Waals surface area contributed by atoms with E-state index in [2.05, 4.69) is 45.0 Å². The molecule has 3 saturated carbocycles. The molecule has 0 radical (unpaired) electrons. The molecule has 1 aromatic heterocycles. The van der Waals surface area contributed by atoms with E-state index in [1.54, 1.807) is 17.1 Å². The summed E-state index contributed by atoms with van der Waals surface area (Å²) in [4.78, 5) is 12.8. The van der Waals surface area contributed by atoms with Crippen LogP contribution in [0.1, 0.15) is 53.9 Å². The van der Waals surface area contributed by atoms with Crippen molar-refractivity contribution in [1.82, 2.24) is 15.1 Å². The normalized spacial score (nSPS) is 34.4. The maximum absolute atomic E-state index is 12.8. The average Bonchev–Trinajstić information content (AvgIpc) is 3.26. The van der Waals surface area contributed by atoms with E-state index in [9.17, 15) is 4.79 Å². The molecule has 3 N–H and O–H groups in total. The lowest BCUT2D eigenvalue weighted by molar-refractivity contribution is -0.199. The largest absolute Gasteiger partial charge is 0.481 e. The monoisotopic (exact) mass is 402 g/mol. The maximum atomic E-state index is 12.8. The molecule has 4 fully saturated rings. The molecule has 0 aromatic carbocycles. The molecule has 0 unspecified atom stereocenters. The zero-order chi connectivity index (χ0) is 21.0. The van der Waals surface area contributed by atoms with E-state index in [1.165, 1.54) is 6.42 Å². The van der Waals surface area contributed by atoms with Crippen molar-refractivity contribution in [3.8, 4) is 0 Å². The summed E-state index contributed by atoms with van der Waals surface area (Å²) in [5.41, 5.74) is 6.16. The molecular weight excluding hydrogens is 367 g/mol. The third kappa shape index (κ3) is 3.64. The van der Waals surface area contributed by atoms with Gasteiger partial charge in [-0.15, -0.1) is 0 Å². The van der Waals surface area contributed by atoms with Gasteiger partial charge < -0.3 is 20.4 Å². The minimum atomic E-state index is -0.671. The average molecular weight is 402 g/mol. The zero-order valence-electron chi connectivity index (χ0n) is 18.3. The Labute approximate surface area is 174 Å². The number of nitrogens with zero attached hydrogens (tertiary/aromatic N) is 2. The molecule has 8 heteroatoms. The Morgan fingerprint density at radius 1 is 1.38 bits per heavy atom. The Hall–Kier alpha value is -1.38. The van der Waals surface area contributed by atoms with Gasteiger partial charge in [0, 0.05) is 12.4 Å². The van der Waals surface area contributed by atoms with Gasteiger partial charge in [-0.25, -0.2) is 0 Å². The fourth-order valence-corrected chi connectivity index (χ4v) is 5.80. The van der Waals surface area contributed by atoms with Gasteiger partial charge in [0.1, 0.15) is 6.04 Å². The summed E-state index contributed by atoms with van der Waals surface area (Å²) in [7, 11) is -0.427. The van der Waals surface area contributed by atoms with Crippen LogP contribution in [0.5, 0.6) is 0 Å². The van der Waals surface area contributed by atoms with Crippen molar-refractivity contribution in [2.45, 2.75) is 84.1 Å². The number of aromatic nitrogens is 2. The van der Waals surface area contributed by atoms with Crippen LogP contribution in [0, 0.1) is 23.2 Å². The molecule has 5 rings (SSSR count). The van der Waals surface area contributed by atoms with E-state index in [0.29, 0.717) is 29.7 Å². The Bertz CT molecular complexity index is 740. The smallest absolute Gasteiger partial charge is 0.404 e. The molecule has 29 heavy (non-hydrogen) atoms. The van der Waals surface area contributed by atoms with Crippen molar-refractivity contribution in [2.75, 3.05) is 0 Å². The molecule has 160 valence electrons. The van der Waals surface area contributed by atoms with Crippen LogP contribution in [-0.4, -0.2) is 46.5 Å². The Morgan fingerprint density at radius 3 is 2.76 bits per heavy atom. The summed E-state index contributed by atoms with van der Waals surface area (Å²) in [6.07, 6.45) is 6.63. The number of nitrogens with two attached hydrogens (primary N) is 1. The number of hydrogen-bond acceptors (Lipinski definition) is 5. The van der Waals surface area contributed by atoms with Gasteiger partial charge in [-0.2, -0.15) is 5.10 Å². The van der Waals surface area contributed by atoms with Crippen LogP contribution >= 0.6 is 0 Å². The third-order valence-electron chi connectivity index (χ3n) is 7.63. The SMILES string of the molecule is CC(C)C[C@H](NC(=O)[C@@H](N)Cn1cccn1)B1O[C@@H]2C[C@@H]3C[C@@H](C3(C)C)[C@]2(C)O1. The van der Waals surface area contributed by atoms with Gasteiger partial charge >= 0.3 is 7.12 Å². The fourth-order valence-electron chi connectivity index (χ4n) is 5.80.